The third kappa shape index (κ3) is 3.61. The van der Waals surface area contributed by atoms with Crippen molar-refractivity contribution >= 4 is 5.57 Å². The zero-order chi connectivity index (χ0) is 13.5. The van der Waals surface area contributed by atoms with Crippen LogP contribution in [0.1, 0.15) is 38.3 Å². The third-order valence-electron chi connectivity index (χ3n) is 3.14. The van der Waals surface area contributed by atoms with Crippen molar-refractivity contribution in [2.75, 3.05) is 13.7 Å². The van der Waals surface area contributed by atoms with E-state index in [-0.39, 0.29) is 0 Å². The van der Waals surface area contributed by atoms with Crippen LogP contribution in [-0.2, 0) is 6.42 Å². The molecular weight excluding hydrogens is 222 g/mol. The van der Waals surface area contributed by atoms with Crippen LogP contribution < -0.4 is 10.5 Å². The third-order valence-corrected chi connectivity index (χ3v) is 3.14. The Morgan fingerprint density at radius 1 is 1.39 bits per heavy atom. The number of hydrogen-bond donors (Lipinski definition) is 1. The largest absolute Gasteiger partial charge is 0.496 e. The minimum Gasteiger partial charge on any atom is -0.496 e. The number of benzene rings is 1. The average molecular weight is 247 g/mol. The molecule has 0 amide bonds. The van der Waals surface area contributed by atoms with Crippen molar-refractivity contribution in [3.8, 4) is 5.75 Å². The van der Waals surface area contributed by atoms with Crippen molar-refractivity contribution in [3.63, 3.8) is 0 Å². The van der Waals surface area contributed by atoms with Crippen LogP contribution in [0.15, 0.2) is 24.3 Å². The Morgan fingerprint density at radius 2 is 2.11 bits per heavy atom. The van der Waals surface area contributed by atoms with Crippen LogP contribution in [0.3, 0.4) is 0 Å². The first-order valence-corrected chi connectivity index (χ1v) is 6.71. The summed E-state index contributed by atoms with van der Waals surface area (Å²) >= 11 is 0. The van der Waals surface area contributed by atoms with Crippen LogP contribution in [0.2, 0.25) is 0 Å². The Balaban J connectivity index is 3.24. The van der Waals surface area contributed by atoms with Gasteiger partial charge in [0.25, 0.3) is 0 Å². The molecule has 0 spiro atoms. The molecule has 1 aromatic rings. The standard InChI is InChI=1S/C16H25NO/c1-5-13-8-9-16(18-4)15(11-13)14(12(2)3)7-6-10-17/h7-9,11-12H,5-6,10,17H2,1-4H3/b14-7+. The summed E-state index contributed by atoms with van der Waals surface area (Å²) in [5.74, 6) is 1.42. The molecule has 1 rings (SSSR count). The van der Waals surface area contributed by atoms with E-state index in [0.29, 0.717) is 12.5 Å². The second-order valence-corrected chi connectivity index (χ2v) is 4.78. The van der Waals surface area contributed by atoms with E-state index in [2.05, 4.69) is 45.0 Å². The van der Waals surface area contributed by atoms with Crippen molar-refractivity contribution in [1.82, 2.24) is 0 Å². The quantitative estimate of drug-likeness (QED) is 0.833. The summed E-state index contributed by atoms with van der Waals surface area (Å²) in [6.45, 7) is 7.27. The molecule has 0 atom stereocenters. The van der Waals surface area contributed by atoms with E-state index in [1.165, 1.54) is 16.7 Å². The summed E-state index contributed by atoms with van der Waals surface area (Å²) in [4.78, 5) is 0. The predicted molar refractivity (Wildman–Crippen MR) is 78.9 cm³/mol. The molecule has 0 radical (unpaired) electrons. The average Bonchev–Trinajstić information content (AvgIpc) is 2.38. The van der Waals surface area contributed by atoms with E-state index in [4.69, 9.17) is 10.5 Å². The Kier molecular flexibility index (Phi) is 5.93. The van der Waals surface area contributed by atoms with Crippen LogP contribution >= 0.6 is 0 Å². The number of aryl methyl sites for hydroxylation is 1. The van der Waals surface area contributed by atoms with Gasteiger partial charge in [-0.25, -0.2) is 0 Å². The molecule has 0 aliphatic rings. The monoisotopic (exact) mass is 247 g/mol. The smallest absolute Gasteiger partial charge is 0.126 e. The molecule has 0 heterocycles. The highest BCUT2D eigenvalue weighted by molar-refractivity contribution is 5.72. The first-order chi connectivity index (χ1) is 8.63. The van der Waals surface area contributed by atoms with Gasteiger partial charge in [0.2, 0.25) is 0 Å². The van der Waals surface area contributed by atoms with Gasteiger partial charge in [-0.05, 0) is 48.6 Å². The zero-order valence-electron chi connectivity index (χ0n) is 12.0. The van der Waals surface area contributed by atoms with Crippen LogP contribution in [0.5, 0.6) is 5.75 Å². The van der Waals surface area contributed by atoms with Crippen molar-refractivity contribution in [3.05, 3.63) is 35.4 Å². The lowest BCUT2D eigenvalue weighted by Gasteiger charge is -2.17. The Hall–Kier alpha value is -1.28. The predicted octanol–water partition coefficient (Wildman–Crippen LogP) is 3.65. The fraction of sp³-hybridized carbons (Fsp3) is 0.500. The molecule has 1 aromatic carbocycles. The summed E-state index contributed by atoms with van der Waals surface area (Å²) < 4.78 is 5.48. The molecule has 0 aliphatic carbocycles. The van der Waals surface area contributed by atoms with Gasteiger partial charge in [-0.3, -0.25) is 0 Å². The van der Waals surface area contributed by atoms with Gasteiger partial charge < -0.3 is 10.5 Å². The van der Waals surface area contributed by atoms with Crippen molar-refractivity contribution in [1.29, 1.82) is 0 Å². The highest BCUT2D eigenvalue weighted by Crippen LogP contribution is 2.32. The maximum Gasteiger partial charge on any atom is 0.126 e. The van der Waals surface area contributed by atoms with E-state index in [1.54, 1.807) is 7.11 Å². The van der Waals surface area contributed by atoms with E-state index in [0.717, 1.165) is 18.6 Å². The maximum absolute atomic E-state index is 5.61. The van der Waals surface area contributed by atoms with Gasteiger partial charge in [0, 0.05) is 5.56 Å². The summed E-state index contributed by atoms with van der Waals surface area (Å²) in [6, 6.07) is 6.43. The van der Waals surface area contributed by atoms with Crippen LogP contribution in [-0.4, -0.2) is 13.7 Å². The van der Waals surface area contributed by atoms with E-state index in [9.17, 15) is 0 Å². The fourth-order valence-electron chi connectivity index (χ4n) is 2.10. The van der Waals surface area contributed by atoms with Gasteiger partial charge >= 0.3 is 0 Å². The lowest BCUT2D eigenvalue weighted by Crippen LogP contribution is -2.01. The topological polar surface area (TPSA) is 35.2 Å². The number of nitrogens with two attached hydrogens (primary N) is 1. The molecule has 2 heteroatoms. The lowest BCUT2D eigenvalue weighted by molar-refractivity contribution is 0.413. The molecule has 0 saturated carbocycles. The van der Waals surface area contributed by atoms with Gasteiger partial charge in [0.05, 0.1) is 7.11 Å². The minimum absolute atomic E-state index is 0.470. The van der Waals surface area contributed by atoms with E-state index in [1.807, 2.05) is 0 Å². The summed E-state index contributed by atoms with van der Waals surface area (Å²) in [7, 11) is 1.73. The fourth-order valence-corrected chi connectivity index (χ4v) is 2.10. The first kappa shape index (κ1) is 14.8. The van der Waals surface area contributed by atoms with Crippen molar-refractivity contribution in [2.24, 2.45) is 11.7 Å². The molecule has 2 N–H and O–H groups in total. The van der Waals surface area contributed by atoms with Crippen LogP contribution in [0.25, 0.3) is 5.57 Å². The molecule has 0 aliphatic heterocycles. The van der Waals surface area contributed by atoms with Crippen LogP contribution in [0, 0.1) is 5.92 Å². The molecule has 0 unspecified atom stereocenters. The lowest BCUT2D eigenvalue weighted by atomic mass is 9.92. The zero-order valence-corrected chi connectivity index (χ0v) is 12.0. The maximum atomic E-state index is 5.61. The summed E-state index contributed by atoms with van der Waals surface area (Å²) in [6.07, 6.45) is 4.19. The highest BCUT2D eigenvalue weighted by atomic mass is 16.5. The molecule has 100 valence electrons. The summed E-state index contributed by atoms with van der Waals surface area (Å²) in [5.41, 5.74) is 9.48. The van der Waals surface area contributed by atoms with Crippen molar-refractivity contribution < 1.29 is 4.74 Å². The molecule has 0 aromatic heterocycles. The number of hydrogen-bond acceptors (Lipinski definition) is 2. The normalized spacial score (nSPS) is 12.0. The molecule has 0 fully saturated rings. The number of ether oxygens (including phenoxy) is 1. The summed E-state index contributed by atoms with van der Waals surface area (Å²) in [5, 5.41) is 0. The molecule has 0 bridgehead atoms. The minimum atomic E-state index is 0.470. The Morgan fingerprint density at radius 3 is 2.61 bits per heavy atom. The number of rotatable bonds is 6. The van der Waals surface area contributed by atoms with Gasteiger partial charge in [-0.2, -0.15) is 0 Å². The number of methoxy groups -OCH3 is 1. The van der Waals surface area contributed by atoms with E-state index < -0.39 is 0 Å². The second kappa shape index (κ2) is 7.22. The Bertz CT molecular complexity index is 408. The number of allylic oxidation sites excluding steroid dienone is 1. The van der Waals surface area contributed by atoms with Crippen LogP contribution in [0.4, 0.5) is 0 Å². The SMILES string of the molecule is CCc1ccc(OC)c(/C(=C/CCN)C(C)C)c1. The Labute approximate surface area is 111 Å². The van der Waals surface area contributed by atoms with Gasteiger partial charge in [-0.1, -0.05) is 32.9 Å². The highest BCUT2D eigenvalue weighted by Gasteiger charge is 2.12. The second-order valence-electron chi connectivity index (χ2n) is 4.78. The molecule has 2 nitrogen and oxygen atoms in total. The van der Waals surface area contributed by atoms with Gasteiger partial charge in [-0.15, -0.1) is 0 Å². The molecular formula is C16H25NO. The first-order valence-electron chi connectivity index (χ1n) is 6.71. The van der Waals surface area contributed by atoms with E-state index >= 15 is 0 Å². The molecule has 18 heavy (non-hydrogen) atoms. The van der Waals surface area contributed by atoms with Crippen molar-refractivity contribution in [2.45, 2.75) is 33.6 Å². The molecule has 0 saturated heterocycles. The van der Waals surface area contributed by atoms with Gasteiger partial charge in [0.1, 0.15) is 5.75 Å². The van der Waals surface area contributed by atoms with Gasteiger partial charge in [0.15, 0.2) is 0 Å².